The summed E-state index contributed by atoms with van der Waals surface area (Å²) in [6.07, 6.45) is 0.124. The second-order valence-corrected chi connectivity index (χ2v) is 11.1. The lowest BCUT2D eigenvalue weighted by atomic mass is 10.1. The summed E-state index contributed by atoms with van der Waals surface area (Å²) in [5, 5.41) is 0. The number of hydrogen-bond donors (Lipinski definition) is 0. The van der Waals surface area contributed by atoms with E-state index in [1.165, 1.54) is 0 Å². The Labute approximate surface area is 144 Å². The van der Waals surface area contributed by atoms with Gasteiger partial charge in [0.15, 0.2) is 6.61 Å². The molecule has 0 aliphatic heterocycles. The van der Waals surface area contributed by atoms with Crippen LogP contribution < -0.4 is 0 Å². The van der Waals surface area contributed by atoms with Crippen LogP contribution in [0.15, 0.2) is 36.9 Å². The quantitative estimate of drug-likeness (QED) is 0.329. The molecular weight excluding hydrogens is 320 g/mol. The van der Waals surface area contributed by atoms with Crippen LogP contribution in [0.25, 0.3) is 5.57 Å². The Balaban J connectivity index is 2.22. The summed E-state index contributed by atoms with van der Waals surface area (Å²) >= 11 is 0. The summed E-state index contributed by atoms with van der Waals surface area (Å²) in [5.74, 6) is 1.59. The van der Waals surface area contributed by atoms with Crippen molar-refractivity contribution >= 4 is 25.6 Å². The molecule has 0 aliphatic carbocycles. The van der Waals surface area contributed by atoms with Crippen molar-refractivity contribution in [2.75, 3.05) is 13.2 Å². The van der Waals surface area contributed by atoms with E-state index in [4.69, 9.17) is 9.47 Å². The van der Waals surface area contributed by atoms with Crippen LogP contribution in [0.3, 0.4) is 0 Å². The third-order valence-electron chi connectivity index (χ3n) is 2.91. The van der Waals surface area contributed by atoms with Crippen molar-refractivity contribution in [2.24, 2.45) is 0 Å². The lowest BCUT2D eigenvalue weighted by Gasteiger charge is -2.07. The molecule has 0 saturated carbocycles. The van der Waals surface area contributed by atoms with E-state index in [0.29, 0.717) is 6.42 Å². The summed E-state index contributed by atoms with van der Waals surface area (Å²) in [7, 11) is -1.47. The molecule has 0 heterocycles. The number of benzene rings is 1. The Morgan fingerprint density at radius 3 is 2.33 bits per heavy atom. The van der Waals surface area contributed by atoms with E-state index in [1.807, 2.05) is 30.3 Å². The third kappa shape index (κ3) is 8.96. The summed E-state index contributed by atoms with van der Waals surface area (Å²) < 4.78 is 9.93. The molecule has 4 nitrogen and oxygen atoms in total. The van der Waals surface area contributed by atoms with Gasteiger partial charge in [0.25, 0.3) is 0 Å². The number of ether oxygens (including phenoxy) is 2. The summed E-state index contributed by atoms with van der Waals surface area (Å²) in [5.41, 5.74) is 4.97. The maximum absolute atomic E-state index is 11.6. The van der Waals surface area contributed by atoms with Crippen LogP contribution in [0.5, 0.6) is 0 Å². The zero-order valence-corrected chi connectivity index (χ0v) is 15.6. The molecule has 0 unspecified atom stereocenters. The number of rotatable bonds is 7. The predicted molar refractivity (Wildman–Crippen MR) is 97.8 cm³/mol. The van der Waals surface area contributed by atoms with E-state index in [0.717, 1.165) is 11.1 Å². The van der Waals surface area contributed by atoms with Crippen LogP contribution in [0.1, 0.15) is 18.4 Å². The Bertz CT molecular complexity index is 633. The van der Waals surface area contributed by atoms with Gasteiger partial charge in [-0.25, -0.2) is 0 Å². The lowest BCUT2D eigenvalue weighted by molar-refractivity contribution is -0.153. The number of carbonyl (C=O) groups excluding carboxylic acids is 2. The van der Waals surface area contributed by atoms with E-state index in [-0.39, 0.29) is 13.2 Å². The number of esters is 2. The van der Waals surface area contributed by atoms with Crippen LogP contribution in [0.2, 0.25) is 19.6 Å². The summed E-state index contributed by atoms with van der Waals surface area (Å²) in [6.45, 7) is 10.5. The van der Waals surface area contributed by atoms with Gasteiger partial charge in [0.1, 0.15) is 14.5 Å². The van der Waals surface area contributed by atoms with E-state index >= 15 is 0 Å². The molecule has 0 amide bonds. The fraction of sp³-hybridized carbons (Fsp3) is 0.368. The summed E-state index contributed by atoms with van der Waals surface area (Å²) in [4.78, 5) is 23.1. The van der Waals surface area contributed by atoms with Crippen LogP contribution in [0.4, 0.5) is 0 Å². The molecule has 1 rings (SSSR count). The molecule has 5 heteroatoms. The van der Waals surface area contributed by atoms with Gasteiger partial charge in [-0.1, -0.05) is 62.5 Å². The molecule has 0 radical (unpaired) electrons. The first kappa shape index (κ1) is 19.7. The molecule has 0 saturated heterocycles. The first-order valence-electron chi connectivity index (χ1n) is 7.82. The molecule has 0 aliphatic rings. The highest BCUT2D eigenvalue weighted by Crippen LogP contribution is 2.15. The third-order valence-corrected chi connectivity index (χ3v) is 3.83. The normalized spacial score (nSPS) is 10.3. The van der Waals surface area contributed by atoms with Gasteiger partial charge in [0, 0.05) is 6.42 Å². The molecule has 1 aromatic rings. The maximum atomic E-state index is 11.6. The smallest absolute Gasteiger partial charge is 0.318 e. The molecule has 0 aromatic heterocycles. The van der Waals surface area contributed by atoms with Crippen molar-refractivity contribution in [3.05, 3.63) is 42.5 Å². The van der Waals surface area contributed by atoms with Crippen molar-refractivity contribution in [2.45, 2.75) is 32.5 Å². The van der Waals surface area contributed by atoms with Crippen LogP contribution >= 0.6 is 0 Å². The van der Waals surface area contributed by atoms with Crippen molar-refractivity contribution in [1.29, 1.82) is 0 Å². The fourth-order valence-corrected chi connectivity index (χ4v) is 2.35. The minimum atomic E-state index is -1.47. The molecule has 0 fully saturated rings. The van der Waals surface area contributed by atoms with Gasteiger partial charge in [-0.15, -0.1) is 5.54 Å². The molecule has 0 spiro atoms. The molecule has 128 valence electrons. The SMILES string of the molecule is C=C(CCOC(=O)CC(=O)OCC#C[Si](C)(C)C)c1ccccc1. The highest BCUT2D eigenvalue weighted by atomic mass is 28.3. The second kappa shape index (κ2) is 9.73. The Hall–Kier alpha value is -2.32. The van der Waals surface area contributed by atoms with Gasteiger partial charge >= 0.3 is 11.9 Å². The van der Waals surface area contributed by atoms with Gasteiger partial charge < -0.3 is 9.47 Å². The highest BCUT2D eigenvalue weighted by Gasteiger charge is 2.12. The average Bonchev–Trinajstić information content (AvgIpc) is 2.51. The monoisotopic (exact) mass is 344 g/mol. The van der Waals surface area contributed by atoms with Gasteiger partial charge in [-0.2, -0.15) is 0 Å². The maximum Gasteiger partial charge on any atom is 0.318 e. The van der Waals surface area contributed by atoms with Gasteiger partial charge in [-0.05, 0) is 11.1 Å². The average molecular weight is 344 g/mol. The second-order valence-electron chi connectivity index (χ2n) is 6.33. The van der Waals surface area contributed by atoms with E-state index in [9.17, 15) is 9.59 Å². The first-order chi connectivity index (χ1) is 11.3. The molecule has 0 bridgehead atoms. The lowest BCUT2D eigenvalue weighted by Crippen LogP contribution is -2.17. The van der Waals surface area contributed by atoms with E-state index < -0.39 is 26.4 Å². The van der Waals surface area contributed by atoms with Crippen LogP contribution in [-0.4, -0.2) is 33.2 Å². The molecule has 0 atom stereocenters. The van der Waals surface area contributed by atoms with Gasteiger partial charge in [0.05, 0.1) is 6.61 Å². The molecular formula is C19H24O4Si. The van der Waals surface area contributed by atoms with Crippen molar-refractivity contribution in [1.82, 2.24) is 0 Å². The topological polar surface area (TPSA) is 52.6 Å². The zero-order valence-electron chi connectivity index (χ0n) is 14.6. The largest absolute Gasteiger partial charge is 0.465 e. The van der Waals surface area contributed by atoms with Gasteiger partial charge in [-0.3, -0.25) is 9.59 Å². The molecule has 1 aromatic carbocycles. The van der Waals surface area contributed by atoms with Crippen LogP contribution in [0, 0.1) is 11.5 Å². The Morgan fingerprint density at radius 1 is 1.08 bits per heavy atom. The molecule has 24 heavy (non-hydrogen) atoms. The minimum Gasteiger partial charge on any atom is -0.465 e. The predicted octanol–water partition coefficient (Wildman–Crippen LogP) is 3.45. The van der Waals surface area contributed by atoms with Crippen LogP contribution in [-0.2, 0) is 19.1 Å². The highest BCUT2D eigenvalue weighted by molar-refractivity contribution is 6.83. The zero-order chi connectivity index (χ0) is 18.0. The number of carbonyl (C=O) groups is 2. The van der Waals surface area contributed by atoms with Crippen molar-refractivity contribution in [3.8, 4) is 11.5 Å². The molecule has 0 N–H and O–H groups in total. The Morgan fingerprint density at radius 2 is 1.71 bits per heavy atom. The van der Waals surface area contributed by atoms with Crippen molar-refractivity contribution < 1.29 is 19.1 Å². The van der Waals surface area contributed by atoms with E-state index in [1.54, 1.807) is 0 Å². The first-order valence-corrected chi connectivity index (χ1v) is 11.3. The van der Waals surface area contributed by atoms with E-state index in [2.05, 4.69) is 37.7 Å². The Kier molecular flexibility index (Phi) is 8.00. The van der Waals surface area contributed by atoms with Crippen molar-refractivity contribution in [3.63, 3.8) is 0 Å². The summed E-state index contributed by atoms with van der Waals surface area (Å²) in [6, 6.07) is 9.67. The standard InChI is InChI=1S/C19H24O4Si/c1-16(17-9-6-5-7-10-17)11-13-23-19(21)15-18(20)22-12-8-14-24(2,3)4/h5-7,9-10H,1,11-13,15H2,2-4H3. The number of hydrogen-bond acceptors (Lipinski definition) is 4. The van der Waals surface area contributed by atoms with Gasteiger partial charge in [0.2, 0.25) is 0 Å². The minimum absolute atomic E-state index is 0.0151. The fourth-order valence-electron chi connectivity index (χ4n) is 1.74.